The molecular formula is C22H31N3. The maximum atomic E-state index is 4.40. The predicted molar refractivity (Wildman–Crippen MR) is 105 cm³/mol. The van der Waals surface area contributed by atoms with E-state index in [0.717, 1.165) is 26.1 Å². The summed E-state index contributed by atoms with van der Waals surface area (Å²) in [6.45, 7) is 10.2. The van der Waals surface area contributed by atoms with Crippen LogP contribution in [-0.4, -0.2) is 48.0 Å². The molecule has 134 valence electrons. The van der Waals surface area contributed by atoms with Crippen LogP contribution in [-0.2, 0) is 19.4 Å². The van der Waals surface area contributed by atoms with Crippen molar-refractivity contribution in [2.45, 2.75) is 39.7 Å². The number of hydrogen-bond donors (Lipinski definition) is 0. The fourth-order valence-electron chi connectivity index (χ4n) is 3.63. The van der Waals surface area contributed by atoms with Crippen molar-refractivity contribution in [3.63, 3.8) is 0 Å². The average Bonchev–Trinajstić information content (AvgIpc) is 2.62. The Balaban J connectivity index is 1.40. The first-order valence-electron chi connectivity index (χ1n) is 9.51. The number of hydrogen-bond acceptors (Lipinski definition) is 3. The molecule has 0 radical (unpaired) electrons. The summed E-state index contributed by atoms with van der Waals surface area (Å²) >= 11 is 0. The third-order valence-electron chi connectivity index (χ3n) is 5.40. The van der Waals surface area contributed by atoms with Crippen LogP contribution in [0.15, 0.2) is 36.5 Å². The van der Waals surface area contributed by atoms with Gasteiger partial charge in [-0.05, 0) is 81.2 Å². The molecule has 0 unspecified atom stereocenters. The quantitative estimate of drug-likeness (QED) is 0.769. The molecule has 0 saturated heterocycles. The Kier molecular flexibility index (Phi) is 6.22. The fourth-order valence-corrected chi connectivity index (χ4v) is 3.63. The van der Waals surface area contributed by atoms with Crippen molar-refractivity contribution in [1.82, 2.24) is 14.8 Å². The van der Waals surface area contributed by atoms with Gasteiger partial charge in [0.2, 0.25) is 0 Å². The topological polar surface area (TPSA) is 19.4 Å². The summed E-state index contributed by atoms with van der Waals surface area (Å²) in [6.07, 6.45) is 5.35. The van der Waals surface area contributed by atoms with Crippen LogP contribution in [0, 0.1) is 13.8 Å². The predicted octanol–water partition coefficient (Wildman–Crippen LogP) is 3.62. The summed E-state index contributed by atoms with van der Waals surface area (Å²) in [4.78, 5) is 9.45. The number of likely N-dealkylation sites (N-methyl/N-ethyl adjacent to an activating group) is 1. The molecule has 2 heterocycles. The van der Waals surface area contributed by atoms with Gasteiger partial charge in [0, 0.05) is 37.9 Å². The molecule has 25 heavy (non-hydrogen) atoms. The van der Waals surface area contributed by atoms with E-state index in [-0.39, 0.29) is 0 Å². The molecule has 0 amide bonds. The molecule has 0 saturated carbocycles. The zero-order valence-electron chi connectivity index (χ0n) is 16.0. The van der Waals surface area contributed by atoms with E-state index >= 15 is 0 Å². The van der Waals surface area contributed by atoms with Crippen LogP contribution in [0.5, 0.6) is 0 Å². The van der Waals surface area contributed by atoms with E-state index in [2.05, 4.69) is 59.9 Å². The number of aryl methyl sites for hydroxylation is 2. The van der Waals surface area contributed by atoms with Gasteiger partial charge in [-0.2, -0.15) is 0 Å². The van der Waals surface area contributed by atoms with Crippen LogP contribution in [0.25, 0.3) is 0 Å². The van der Waals surface area contributed by atoms with Crippen LogP contribution in [0.2, 0.25) is 0 Å². The van der Waals surface area contributed by atoms with E-state index < -0.39 is 0 Å². The highest BCUT2D eigenvalue weighted by Crippen LogP contribution is 2.22. The van der Waals surface area contributed by atoms with Crippen molar-refractivity contribution in [2.24, 2.45) is 0 Å². The van der Waals surface area contributed by atoms with Crippen molar-refractivity contribution in [1.29, 1.82) is 0 Å². The molecule has 1 aromatic heterocycles. The standard InChI is InChI=1S/C22H31N3/c1-18-15-20-8-14-25(17-21(20)16-19(18)2)12-6-11-24(3)13-9-22-7-4-5-10-23-22/h4-5,7,10,15-16H,6,8-9,11-14,17H2,1-3H3. The summed E-state index contributed by atoms with van der Waals surface area (Å²) in [6, 6.07) is 11.0. The lowest BCUT2D eigenvalue weighted by molar-refractivity contribution is 0.230. The van der Waals surface area contributed by atoms with Crippen molar-refractivity contribution >= 4 is 0 Å². The summed E-state index contributed by atoms with van der Waals surface area (Å²) in [5.74, 6) is 0. The Morgan fingerprint density at radius 2 is 1.88 bits per heavy atom. The summed E-state index contributed by atoms with van der Waals surface area (Å²) in [5, 5.41) is 0. The highest BCUT2D eigenvalue weighted by atomic mass is 15.1. The maximum absolute atomic E-state index is 4.40. The van der Waals surface area contributed by atoms with Crippen LogP contribution in [0.1, 0.15) is 34.4 Å². The summed E-state index contributed by atoms with van der Waals surface area (Å²) < 4.78 is 0. The molecule has 3 nitrogen and oxygen atoms in total. The van der Waals surface area contributed by atoms with Gasteiger partial charge in [0.25, 0.3) is 0 Å². The second-order valence-electron chi connectivity index (χ2n) is 7.46. The van der Waals surface area contributed by atoms with Crippen molar-refractivity contribution in [2.75, 3.05) is 33.2 Å². The van der Waals surface area contributed by atoms with Gasteiger partial charge in [0.15, 0.2) is 0 Å². The zero-order chi connectivity index (χ0) is 17.6. The Labute approximate surface area is 152 Å². The highest BCUT2D eigenvalue weighted by Gasteiger charge is 2.16. The highest BCUT2D eigenvalue weighted by molar-refractivity contribution is 5.38. The molecule has 2 aromatic rings. The van der Waals surface area contributed by atoms with Gasteiger partial charge in [0.1, 0.15) is 0 Å². The first-order valence-corrected chi connectivity index (χ1v) is 9.51. The van der Waals surface area contributed by atoms with Crippen molar-refractivity contribution in [3.8, 4) is 0 Å². The lowest BCUT2D eigenvalue weighted by atomic mass is 9.94. The number of pyridine rings is 1. The number of rotatable bonds is 7. The Morgan fingerprint density at radius 1 is 1.08 bits per heavy atom. The van der Waals surface area contributed by atoms with E-state index in [9.17, 15) is 0 Å². The van der Waals surface area contributed by atoms with Crippen LogP contribution < -0.4 is 0 Å². The smallest absolute Gasteiger partial charge is 0.0416 e. The molecule has 3 heteroatoms. The lowest BCUT2D eigenvalue weighted by Gasteiger charge is -2.30. The fraction of sp³-hybridized carbons (Fsp3) is 0.500. The van der Waals surface area contributed by atoms with Gasteiger partial charge in [-0.3, -0.25) is 9.88 Å². The van der Waals surface area contributed by atoms with E-state index in [4.69, 9.17) is 0 Å². The van der Waals surface area contributed by atoms with E-state index in [1.807, 2.05) is 12.3 Å². The Bertz CT molecular complexity index is 681. The van der Waals surface area contributed by atoms with Crippen LogP contribution in [0.3, 0.4) is 0 Å². The largest absolute Gasteiger partial charge is 0.306 e. The van der Waals surface area contributed by atoms with E-state index in [1.54, 1.807) is 5.56 Å². The maximum Gasteiger partial charge on any atom is 0.0416 e. The number of nitrogens with zero attached hydrogens (tertiary/aromatic N) is 3. The molecule has 0 fully saturated rings. The molecule has 1 aliphatic rings. The molecule has 1 aliphatic heterocycles. The molecule has 0 spiro atoms. The molecule has 0 bridgehead atoms. The minimum absolute atomic E-state index is 1.03. The molecule has 0 atom stereocenters. The second-order valence-corrected chi connectivity index (χ2v) is 7.46. The van der Waals surface area contributed by atoms with Crippen molar-refractivity contribution in [3.05, 3.63) is 64.5 Å². The SMILES string of the molecule is Cc1cc2c(cc1C)CN(CCCN(C)CCc1ccccn1)CC2. The first kappa shape index (κ1) is 18.1. The third-order valence-corrected chi connectivity index (χ3v) is 5.40. The second kappa shape index (κ2) is 8.59. The van der Waals surface area contributed by atoms with Gasteiger partial charge >= 0.3 is 0 Å². The van der Waals surface area contributed by atoms with Gasteiger partial charge in [0.05, 0.1) is 0 Å². The average molecular weight is 338 g/mol. The zero-order valence-corrected chi connectivity index (χ0v) is 16.0. The minimum atomic E-state index is 1.03. The molecule has 1 aromatic carbocycles. The monoisotopic (exact) mass is 337 g/mol. The molecular weight excluding hydrogens is 306 g/mol. The van der Waals surface area contributed by atoms with E-state index in [0.29, 0.717) is 0 Å². The summed E-state index contributed by atoms with van der Waals surface area (Å²) in [7, 11) is 2.22. The van der Waals surface area contributed by atoms with Gasteiger partial charge in [-0.25, -0.2) is 0 Å². The minimum Gasteiger partial charge on any atom is -0.306 e. The first-order chi connectivity index (χ1) is 12.1. The number of fused-ring (bicyclic) bond motifs is 1. The Morgan fingerprint density at radius 3 is 2.64 bits per heavy atom. The number of aromatic nitrogens is 1. The van der Waals surface area contributed by atoms with Crippen LogP contribution in [0.4, 0.5) is 0 Å². The third kappa shape index (κ3) is 5.13. The van der Waals surface area contributed by atoms with Gasteiger partial charge < -0.3 is 4.90 Å². The molecule has 3 rings (SSSR count). The molecule has 0 aliphatic carbocycles. The lowest BCUT2D eigenvalue weighted by Crippen LogP contribution is -2.33. The van der Waals surface area contributed by atoms with Crippen molar-refractivity contribution < 1.29 is 0 Å². The molecule has 0 N–H and O–H groups in total. The van der Waals surface area contributed by atoms with Crippen LogP contribution >= 0.6 is 0 Å². The summed E-state index contributed by atoms with van der Waals surface area (Å²) in [5.41, 5.74) is 7.15. The number of benzene rings is 1. The normalized spacial score (nSPS) is 14.7. The Hall–Kier alpha value is -1.71. The van der Waals surface area contributed by atoms with Gasteiger partial charge in [-0.15, -0.1) is 0 Å². The van der Waals surface area contributed by atoms with Gasteiger partial charge in [-0.1, -0.05) is 18.2 Å². The van der Waals surface area contributed by atoms with E-state index in [1.165, 1.54) is 48.3 Å².